The molecule has 0 bridgehead atoms. The van der Waals surface area contributed by atoms with Gasteiger partial charge in [0.2, 0.25) is 0 Å². The van der Waals surface area contributed by atoms with Crippen molar-refractivity contribution in [3.05, 3.63) is 23.9 Å². The van der Waals surface area contributed by atoms with Crippen molar-refractivity contribution in [3.8, 4) is 0 Å². The summed E-state index contributed by atoms with van der Waals surface area (Å²) >= 11 is 0. The number of aliphatic hydroxyl groups excluding tert-OH is 1. The number of carbonyl (C=O) groups excluding carboxylic acids is 1. The smallest absolute Gasteiger partial charge is 0.315 e. The average molecular weight is 320 g/mol. The molecule has 2 heterocycles. The lowest BCUT2D eigenvalue weighted by molar-refractivity contribution is 0.160. The number of urea groups is 1. The third-order valence-corrected chi connectivity index (χ3v) is 4.18. The van der Waals surface area contributed by atoms with E-state index in [0.29, 0.717) is 25.9 Å². The molecule has 6 nitrogen and oxygen atoms in total. The van der Waals surface area contributed by atoms with E-state index in [4.69, 9.17) is 0 Å². The highest BCUT2D eigenvalue weighted by Gasteiger charge is 2.12. The Bertz CT molecular complexity index is 489. The predicted octanol–water partition coefficient (Wildman–Crippen LogP) is 2.03. The number of hydrogen-bond donors (Lipinski definition) is 3. The standard InChI is InChI=1S/C17H28N4O2/c1-2-15(22)7-9-19-17(23)20-13-14-6-8-18-16(12-14)21-10-4-3-5-11-21/h6,8,12,15,22H,2-5,7,9-11,13H2,1H3,(H2,19,20,23). The predicted molar refractivity (Wildman–Crippen MR) is 91.5 cm³/mol. The molecule has 1 aliphatic rings. The highest BCUT2D eigenvalue weighted by atomic mass is 16.3. The summed E-state index contributed by atoms with van der Waals surface area (Å²) in [5, 5.41) is 15.1. The van der Waals surface area contributed by atoms with Gasteiger partial charge in [0, 0.05) is 32.4 Å². The van der Waals surface area contributed by atoms with Crippen LogP contribution in [0.25, 0.3) is 0 Å². The molecular weight excluding hydrogens is 292 g/mol. The number of carbonyl (C=O) groups is 1. The van der Waals surface area contributed by atoms with Crippen molar-refractivity contribution in [2.24, 2.45) is 0 Å². The van der Waals surface area contributed by atoms with Gasteiger partial charge in [-0.2, -0.15) is 0 Å². The average Bonchev–Trinajstić information content (AvgIpc) is 2.61. The largest absolute Gasteiger partial charge is 0.393 e. The lowest BCUT2D eigenvalue weighted by atomic mass is 10.1. The first-order chi connectivity index (χ1) is 11.2. The molecule has 0 saturated carbocycles. The van der Waals surface area contributed by atoms with E-state index in [9.17, 15) is 9.90 Å². The minimum absolute atomic E-state index is 0.204. The van der Waals surface area contributed by atoms with Gasteiger partial charge in [-0.3, -0.25) is 0 Å². The van der Waals surface area contributed by atoms with Crippen molar-refractivity contribution < 1.29 is 9.90 Å². The zero-order valence-electron chi connectivity index (χ0n) is 13.9. The minimum atomic E-state index is -0.345. The first-order valence-electron chi connectivity index (χ1n) is 8.58. The van der Waals surface area contributed by atoms with Gasteiger partial charge in [-0.1, -0.05) is 6.92 Å². The quantitative estimate of drug-likeness (QED) is 0.718. The number of piperidine rings is 1. The fourth-order valence-electron chi connectivity index (χ4n) is 2.67. The Balaban J connectivity index is 1.75. The van der Waals surface area contributed by atoms with E-state index in [-0.39, 0.29) is 12.1 Å². The second-order valence-electron chi connectivity index (χ2n) is 6.03. The van der Waals surface area contributed by atoms with E-state index < -0.39 is 0 Å². The normalized spacial score (nSPS) is 16.0. The number of pyridine rings is 1. The van der Waals surface area contributed by atoms with E-state index in [1.165, 1.54) is 19.3 Å². The Morgan fingerprint density at radius 2 is 2.13 bits per heavy atom. The van der Waals surface area contributed by atoms with E-state index in [2.05, 4.69) is 20.5 Å². The highest BCUT2D eigenvalue weighted by molar-refractivity contribution is 5.73. The maximum atomic E-state index is 11.7. The molecule has 2 rings (SSSR count). The van der Waals surface area contributed by atoms with Crippen LogP contribution in [0.15, 0.2) is 18.3 Å². The molecule has 1 aromatic rings. The molecule has 1 saturated heterocycles. The fourth-order valence-corrected chi connectivity index (χ4v) is 2.67. The van der Waals surface area contributed by atoms with Gasteiger partial charge in [0.1, 0.15) is 5.82 Å². The van der Waals surface area contributed by atoms with Crippen molar-refractivity contribution in [1.29, 1.82) is 0 Å². The van der Waals surface area contributed by atoms with Gasteiger partial charge in [-0.25, -0.2) is 9.78 Å². The molecule has 1 aromatic heterocycles. The van der Waals surface area contributed by atoms with Gasteiger partial charge in [-0.15, -0.1) is 0 Å². The van der Waals surface area contributed by atoms with Gasteiger partial charge in [0.05, 0.1) is 6.10 Å². The van der Waals surface area contributed by atoms with Crippen LogP contribution in [0, 0.1) is 0 Å². The number of hydrogen-bond acceptors (Lipinski definition) is 4. The van der Waals surface area contributed by atoms with Gasteiger partial charge in [0.25, 0.3) is 0 Å². The zero-order valence-corrected chi connectivity index (χ0v) is 13.9. The van der Waals surface area contributed by atoms with Gasteiger partial charge in [0.15, 0.2) is 0 Å². The minimum Gasteiger partial charge on any atom is -0.393 e. The topological polar surface area (TPSA) is 77.5 Å². The van der Waals surface area contributed by atoms with E-state index in [1.807, 2.05) is 19.1 Å². The summed E-state index contributed by atoms with van der Waals surface area (Å²) in [6, 6.07) is 3.77. The zero-order chi connectivity index (χ0) is 16.5. The van der Waals surface area contributed by atoms with E-state index in [0.717, 1.165) is 24.5 Å². The van der Waals surface area contributed by atoms with Crippen LogP contribution >= 0.6 is 0 Å². The maximum absolute atomic E-state index is 11.7. The Morgan fingerprint density at radius 1 is 1.35 bits per heavy atom. The third-order valence-electron chi connectivity index (χ3n) is 4.18. The molecule has 3 N–H and O–H groups in total. The number of nitrogens with zero attached hydrogens (tertiary/aromatic N) is 2. The molecule has 1 atom stereocenters. The Hall–Kier alpha value is -1.82. The van der Waals surface area contributed by atoms with Crippen molar-refractivity contribution in [3.63, 3.8) is 0 Å². The Morgan fingerprint density at radius 3 is 2.87 bits per heavy atom. The van der Waals surface area contributed by atoms with Gasteiger partial charge in [-0.05, 0) is 49.8 Å². The van der Waals surface area contributed by atoms with Crippen LogP contribution in [0.1, 0.15) is 44.6 Å². The molecule has 2 amide bonds. The molecule has 128 valence electrons. The Kier molecular flexibility index (Phi) is 7.13. The summed E-state index contributed by atoms with van der Waals surface area (Å²) in [7, 11) is 0. The summed E-state index contributed by atoms with van der Waals surface area (Å²) in [5.74, 6) is 0.996. The molecule has 1 aliphatic heterocycles. The van der Waals surface area contributed by atoms with Crippen LogP contribution in [0.5, 0.6) is 0 Å². The molecule has 1 unspecified atom stereocenters. The van der Waals surface area contributed by atoms with Crippen molar-refractivity contribution >= 4 is 11.8 Å². The fraction of sp³-hybridized carbons (Fsp3) is 0.647. The lowest BCUT2D eigenvalue weighted by Gasteiger charge is -2.27. The molecule has 0 aromatic carbocycles. The molecule has 1 fully saturated rings. The van der Waals surface area contributed by atoms with Crippen LogP contribution in [0.3, 0.4) is 0 Å². The summed E-state index contributed by atoms with van der Waals surface area (Å²) in [6.45, 7) is 5.00. The van der Waals surface area contributed by atoms with Crippen LogP contribution < -0.4 is 15.5 Å². The van der Waals surface area contributed by atoms with Gasteiger partial charge >= 0.3 is 6.03 Å². The number of anilines is 1. The molecule has 0 radical (unpaired) electrons. The number of aromatic nitrogens is 1. The van der Waals surface area contributed by atoms with E-state index in [1.54, 1.807) is 6.20 Å². The third kappa shape index (κ3) is 6.06. The van der Waals surface area contributed by atoms with Crippen molar-refractivity contribution in [2.75, 3.05) is 24.5 Å². The summed E-state index contributed by atoms with van der Waals surface area (Å²) < 4.78 is 0. The number of aliphatic hydroxyl groups is 1. The second kappa shape index (κ2) is 9.35. The van der Waals surface area contributed by atoms with Crippen LogP contribution in [-0.2, 0) is 6.54 Å². The molecule has 6 heteroatoms. The van der Waals surface area contributed by atoms with Gasteiger partial charge < -0.3 is 20.6 Å². The van der Waals surface area contributed by atoms with Crippen molar-refractivity contribution in [1.82, 2.24) is 15.6 Å². The molecule has 23 heavy (non-hydrogen) atoms. The van der Waals surface area contributed by atoms with Crippen LogP contribution in [-0.4, -0.2) is 41.9 Å². The number of rotatable bonds is 7. The second-order valence-corrected chi connectivity index (χ2v) is 6.03. The first kappa shape index (κ1) is 17.5. The Labute approximate surface area is 138 Å². The lowest BCUT2D eigenvalue weighted by Crippen LogP contribution is -2.36. The molecule has 0 aliphatic carbocycles. The number of amides is 2. The highest BCUT2D eigenvalue weighted by Crippen LogP contribution is 2.18. The SMILES string of the molecule is CCC(O)CCNC(=O)NCc1ccnc(N2CCCCC2)c1. The maximum Gasteiger partial charge on any atom is 0.315 e. The monoisotopic (exact) mass is 320 g/mol. The summed E-state index contributed by atoms with van der Waals surface area (Å²) in [5.41, 5.74) is 1.05. The summed E-state index contributed by atoms with van der Waals surface area (Å²) in [4.78, 5) is 18.5. The van der Waals surface area contributed by atoms with E-state index >= 15 is 0 Å². The first-order valence-corrected chi connectivity index (χ1v) is 8.58. The van der Waals surface area contributed by atoms with Crippen LogP contribution in [0.4, 0.5) is 10.6 Å². The number of nitrogens with one attached hydrogen (secondary N) is 2. The molecular formula is C17H28N4O2. The molecule has 0 spiro atoms. The van der Waals surface area contributed by atoms with Crippen molar-refractivity contribution in [2.45, 2.75) is 51.7 Å². The summed E-state index contributed by atoms with van der Waals surface area (Å²) in [6.07, 6.45) is 6.48. The van der Waals surface area contributed by atoms with Crippen LogP contribution in [0.2, 0.25) is 0 Å².